The van der Waals surface area contributed by atoms with Gasteiger partial charge in [0.15, 0.2) is 0 Å². The Morgan fingerprint density at radius 2 is 2.42 bits per heavy atom. The van der Waals surface area contributed by atoms with E-state index in [1.54, 1.807) is 0 Å². The van der Waals surface area contributed by atoms with E-state index in [9.17, 15) is 9.59 Å². The average Bonchev–Trinajstić information content (AvgIpc) is 2.12. The molecule has 1 unspecified atom stereocenters. The quantitative estimate of drug-likeness (QED) is 0.601. The fourth-order valence-corrected chi connectivity index (χ4v) is 1.51. The van der Waals surface area contributed by atoms with Crippen LogP contribution in [0.4, 0.5) is 0 Å². The number of carbonyl (C=O) groups excluding carboxylic acids is 2. The van der Waals surface area contributed by atoms with Crippen molar-refractivity contribution in [2.75, 3.05) is 6.54 Å². The molecule has 1 aliphatic rings. The van der Waals surface area contributed by atoms with E-state index in [4.69, 9.17) is 5.73 Å². The first kappa shape index (κ1) is 9.03. The Labute approximate surface area is 71.5 Å². The zero-order valence-electron chi connectivity index (χ0n) is 7.01. The van der Waals surface area contributed by atoms with Crippen molar-refractivity contribution < 1.29 is 9.59 Å². The van der Waals surface area contributed by atoms with Crippen LogP contribution < -0.4 is 11.1 Å². The summed E-state index contributed by atoms with van der Waals surface area (Å²) in [5, 5.41) is 2.76. The molecule has 0 spiro atoms. The molecule has 1 fully saturated rings. The minimum Gasteiger partial charge on any atom is -0.370 e. The first-order chi connectivity index (χ1) is 5.68. The molecule has 0 radical (unpaired) electrons. The number of rotatable bonds is 2. The van der Waals surface area contributed by atoms with Crippen LogP contribution in [0.5, 0.6) is 0 Å². The Balaban J connectivity index is 2.41. The van der Waals surface area contributed by atoms with Gasteiger partial charge in [0.05, 0.1) is 0 Å². The molecule has 1 aliphatic heterocycles. The zero-order valence-corrected chi connectivity index (χ0v) is 7.01. The van der Waals surface area contributed by atoms with Gasteiger partial charge in [0, 0.05) is 19.4 Å². The molecular formula is C8H14N2O2. The van der Waals surface area contributed by atoms with Crippen LogP contribution in [-0.2, 0) is 9.59 Å². The monoisotopic (exact) mass is 170 g/mol. The van der Waals surface area contributed by atoms with Crippen molar-refractivity contribution >= 4 is 11.8 Å². The van der Waals surface area contributed by atoms with Crippen molar-refractivity contribution in [2.24, 2.45) is 11.7 Å². The molecule has 3 N–H and O–H groups in total. The summed E-state index contributed by atoms with van der Waals surface area (Å²) < 4.78 is 0. The van der Waals surface area contributed by atoms with Crippen LogP contribution in [0.2, 0.25) is 0 Å². The summed E-state index contributed by atoms with van der Waals surface area (Å²) in [4.78, 5) is 21.6. The van der Waals surface area contributed by atoms with Crippen LogP contribution in [-0.4, -0.2) is 18.4 Å². The Morgan fingerprint density at radius 3 is 3.08 bits per heavy atom. The van der Waals surface area contributed by atoms with Crippen LogP contribution in [0.3, 0.4) is 0 Å². The van der Waals surface area contributed by atoms with Crippen molar-refractivity contribution in [1.82, 2.24) is 5.32 Å². The first-order valence-corrected chi connectivity index (χ1v) is 4.23. The van der Waals surface area contributed by atoms with Gasteiger partial charge in [-0.05, 0) is 18.8 Å². The van der Waals surface area contributed by atoms with Gasteiger partial charge in [-0.3, -0.25) is 9.59 Å². The highest BCUT2D eigenvalue weighted by Gasteiger charge is 2.18. The molecule has 12 heavy (non-hydrogen) atoms. The van der Waals surface area contributed by atoms with E-state index >= 15 is 0 Å². The molecule has 1 rings (SSSR count). The lowest BCUT2D eigenvalue weighted by Crippen LogP contribution is -2.23. The van der Waals surface area contributed by atoms with E-state index in [0.717, 1.165) is 19.4 Å². The number of nitrogens with two attached hydrogens (primary N) is 1. The molecule has 0 aliphatic carbocycles. The largest absolute Gasteiger partial charge is 0.370 e. The second-order valence-corrected chi connectivity index (χ2v) is 3.23. The number of carbonyl (C=O) groups is 2. The summed E-state index contributed by atoms with van der Waals surface area (Å²) in [6.07, 6.45) is 2.65. The highest BCUT2D eigenvalue weighted by Crippen LogP contribution is 2.17. The third-order valence-electron chi connectivity index (χ3n) is 2.08. The van der Waals surface area contributed by atoms with Gasteiger partial charge in [0.2, 0.25) is 11.8 Å². The van der Waals surface area contributed by atoms with Gasteiger partial charge in [-0.2, -0.15) is 0 Å². The van der Waals surface area contributed by atoms with Gasteiger partial charge in [-0.15, -0.1) is 0 Å². The highest BCUT2D eigenvalue weighted by atomic mass is 16.2. The predicted octanol–water partition coefficient (Wildman–Crippen LogP) is -0.222. The Morgan fingerprint density at radius 1 is 1.67 bits per heavy atom. The third kappa shape index (κ3) is 2.90. The highest BCUT2D eigenvalue weighted by molar-refractivity contribution is 5.78. The van der Waals surface area contributed by atoms with Crippen molar-refractivity contribution in [3.63, 3.8) is 0 Å². The molecule has 0 aromatic heterocycles. The number of hydrogen-bond acceptors (Lipinski definition) is 2. The summed E-state index contributed by atoms with van der Waals surface area (Å²) in [5.74, 6) is -0.113. The van der Waals surface area contributed by atoms with Crippen LogP contribution in [0, 0.1) is 5.92 Å². The molecule has 0 saturated carbocycles. The molecule has 4 heteroatoms. The van der Waals surface area contributed by atoms with Crippen LogP contribution >= 0.6 is 0 Å². The maximum Gasteiger partial charge on any atom is 0.220 e. The van der Waals surface area contributed by atoms with E-state index in [1.165, 1.54) is 0 Å². The predicted molar refractivity (Wildman–Crippen MR) is 44.2 cm³/mol. The fourth-order valence-electron chi connectivity index (χ4n) is 1.51. The van der Waals surface area contributed by atoms with Gasteiger partial charge in [0.25, 0.3) is 0 Å². The van der Waals surface area contributed by atoms with Crippen LogP contribution in [0.15, 0.2) is 0 Å². The lowest BCUT2D eigenvalue weighted by atomic mass is 9.96. The molecule has 1 saturated heterocycles. The van der Waals surface area contributed by atoms with Gasteiger partial charge in [0.1, 0.15) is 0 Å². The van der Waals surface area contributed by atoms with E-state index in [0.29, 0.717) is 12.8 Å². The number of amides is 2. The Kier molecular flexibility index (Phi) is 3.08. The summed E-state index contributed by atoms with van der Waals surface area (Å²) in [6, 6.07) is 0. The van der Waals surface area contributed by atoms with E-state index in [1.807, 2.05) is 0 Å². The van der Waals surface area contributed by atoms with Gasteiger partial charge in [-0.1, -0.05) is 0 Å². The number of hydrogen-bond donors (Lipinski definition) is 2. The molecule has 0 aromatic rings. The molecule has 68 valence electrons. The van der Waals surface area contributed by atoms with E-state index in [-0.39, 0.29) is 17.7 Å². The van der Waals surface area contributed by atoms with Crippen LogP contribution in [0.1, 0.15) is 25.7 Å². The first-order valence-electron chi connectivity index (χ1n) is 4.23. The zero-order chi connectivity index (χ0) is 8.97. The Hall–Kier alpha value is -1.06. The second kappa shape index (κ2) is 4.09. The minimum atomic E-state index is -0.310. The minimum absolute atomic E-state index is 0.0405. The number of nitrogens with one attached hydrogen (secondary N) is 1. The molecular weight excluding hydrogens is 156 g/mol. The smallest absolute Gasteiger partial charge is 0.220 e. The third-order valence-corrected chi connectivity index (χ3v) is 2.08. The molecule has 2 amide bonds. The summed E-state index contributed by atoms with van der Waals surface area (Å²) in [5.41, 5.74) is 5.05. The molecule has 4 nitrogen and oxygen atoms in total. The van der Waals surface area contributed by atoms with Crippen molar-refractivity contribution in [2.45, 2.75) is 25.7 Å². The van der Waals surface area contributed by atoms with Gasteiger partial charge < -0.3 is 11.1 Å². The summed E-state index contributed by atoms with van der Waals surface area (Å²) >= 11 is 0. The summed E-state index contributed by atoms with van der Waals surface area (Å²) in [7, 11) is 0. The lowest BCUT2D eigenvalue weighted by molar-refractivity contribution is -0.122. The second-order valence-electron chi connectivity index (χ2n) is 3.23. The topological polar surface area (TPSA) is 72.2 Å². The molecule has 0 bridgehead atoms. The van der Waals surface area contributed by atoms with Crippen molar-refractivity contribution in [3.05, 3.63) is 0 Å². The molecule has 0 aromatic carbocycles. The maximum atomic E-state index is 11.0. The van der Waals surface area contributed by atoms with Crippen molar-refractivity contribution in [1.29, 1.82) is 0 Å². The van der Waals surface area contributed by atoms with Crippen LogP contribution in [0.25, 0.3) is 0 Å². The van der Waals surface area contributed by atoms with Crippen molar-refractivity contribution in [3.8, 4) is 0 Å². The van der Waals surface area contributed by atoms with Gasteiger partial charge in [-0.25, -0.2) is 0 Å². The van der Waals surface area contributed by atoms with Gasteiger partial charge >= 0.3 is 0 Å². The normalized spacial score (nSPS) is 24.3. The fraction of sp³-hybridized carbons (Fsp3) is 0.750. The lowest BCUT2D eigenvalue weighted by Gasteiger charge is -2.08. The molecule has 1 heterocycles. The number of primary amides is 1. The molecule has 1 atom stereocenters. The standard InChI is InChI=1S/C8H14N2O2/c9-7(11)4-6-2-1-3-10-8(12)5-6/h6H,1-5H2,(H2,9,11)(H,10,12). The van der Waals surface area contributed by atoms with E-state index < -0.39 is 0 Å². The average molecular weight is 170 g/mol. The van der Waals surface area contributed by atoms with E-state index in [2.05, 4.69) is 5.32 Å². The SMILES string of the molecule is NC(=O)CC1CCCNC(=O)C1. The maximum absolute atomic E-state index is 11.0. The summed E-state index contributed by atoms with van der Waals surface area (Å²) in [6.45, 7) is 0.730. The Bertz CT molecular complexity index is 191.